The van der Waals surface area contributed by atoms with Gasteiger partial charge in [0, 0.05) is 0 Å². The third-order valence-corrected chi connectivity index (χ3v) is 6.41. The summed E-state index contributed by atoms with van der Waals surface area (Å²) in [4.78, 5) is 28.5. The Hall–Kier alpha value is -3.79. The predicted molar refractivity (Wildman–Crippen MR) is 129 cm³/mol. The molecule has 0 saturated carbocycles. The molecule has 0 bridgehead atoms. The van der Waals surface area contributed by atoms with Crippen LogP contribution in [0.5, 0.6) is 11.5 Å². The normalized spacial score (nSPS) is 15.0. The molecular formula is C25H22FN3O5S. The van der Waals surface area contributed by atoms with Crippen molar-refractivity contribution >= 4 is 33.3 Å². The van der Waals surface area contributed by atoms with E-state index >= 15 is 0 Å². The molecule has 0 radical (unpaired) electrons. The molecular weight excluding hydrogens is 473 g/mol. The second-order valence-corrected chi connectivity index (χ2v) is 8.77. The predicted octanol–water partition coefficient (Wildman–Crippen LogP) is 5.11. The van der Waals surface area contributed by atoms with Crippen molar-refractivity contribution in [2.24, 2.45) is 0 Å². The fourth-order valence-corrected chi connectivity index (χ4v) is 4.72. The van der Waals surface area contributed by atoms with Gasteiger partial charge in [0.25, 0.3) is 5.91 Å². The molecule has 0 N–H and O–H groups in total. The average molecular weight is 496 g/mol. The Morgan fingerprint density at radius 1 is 1.11 bits per heavy atom. The number of anilines is 1. The summed E-state index contributed by atoms with van der Waals surface area (Å²) in [6.07, 6.45) is 1.89. The summed E-state index contributed by atoms with van der Waals surface area (Å²) < 4.78 is 31.5. The fourth-order valence-electron chi connectivity index (χ4n) is 4.14. The van der Waals surface area contributed by atoms with Crippen molar-refractivity contribution in [2.45, 2.75) is 32.7 Å². The van der Waals surface area contributed by atoms with Gasteiger partial charge in [0.05, 0.1) is 30.2 Å². The highest BCUT2D eigenvalue weighted by atomic mass is 32.1. The van der Waals surface area contributed by atoms with Crippen molar-refractivity contribution < 1.29 is 23.1 Å². The fraction of sp³-hybridized carbons (Fsp3) is 0.280. The van der Waals surface area contributed by atoms with Crippen LogP contribution in [0.15, 0.2) is 51.1 Å². The average Bonchev–Trinajstić information content (AvgIpc) is 3.47. The molecule has 1 amide bonds. The van der Waals surface area contributed by atoms with Crippen molar-refractivity contribution in [3.05, 3.63) is 74.8 Å². The molecule has 1 aliphatic heterocycles. The Morgan fingerprint density at radius 2 is 1.97 bits per heavy atom. The standard InChI is InChI=1S/C25H22FN3O5S/c1-3-5-10-33-18-8-6-14(11-19(18)32-4-2)21-20-22(30)16-12-15(26)7-9-17(16)34-23(20)24(31)29(21)25-28-27-13-35-25/h6-9,11-13,21H,3-5,10H2,1-2H3. The van der Waals surface area contributed by atoms with Crippen LogP contribution < -0.4 is 19.8 Å². The molecule has 0 aliphatic carbocycles. The van der Waals surface area contributed by atoms with Crippen LogP contribution in [0.1, 0.15) is 54.4 Å². The van der Waals surface area contributed by atoms with Gasteiger partial charge >= 0.3 is 0 Å². The number of benzene rings is 2. The molecule has 1 atom stereocenters. The molecule has 10 heteroatoms. The van der Waals surface area contributed by atoms with Gasteiger partial charge < -0.3 is 13.9 Å². The lowest BCUT2D eigenvalue weighted by Gasteiger charge is -2.23. The molecule has 0 saturated heterocycles. The minimum absolute atomic E-state index is 0.0604. The van der Waals surface area contributed by atoms with Crippen LogP contribution in [0.25, 0.3) is 11.0 Å². The topological polar surface area (TPSA) is 94.8 Å². The number of halogens is 1. The summed E-state index contributed by atoms with van der Waals surface area (Å²) in [6.45, 7) is 4.88. The zero-order chi connectivity index (χ0) is 24.5. The van der Waals surface area contributed by atoms with E-state index in [1.165, 1.54) is 22.5 Å². The maximum atomic E-state index is 14.0. The van der Waals surface area contributed by atoms with E-state index < -0.39 is 23.2 Å². The third kappa shape index (κ3) is 4.03. The number of aromatic nitrogens is 2. The highest BCUT2D eigenvalue weighted by Crippen LogP contribution is 2.43. The molecule has 8 nitrogen and oxygen atoms in total. The summed E-state index contributed by atoms with van der Waals surface area (Å²) in [5.41, 5.74) is 1.87. The van der Waals surface area contributed by atoms with E-state index in [0.29, 0.717) is 35.4 Å². The van der Waals surface area contributed by atoms with E-state index in [2.05, 4.69) is 17.1 Å². The SMILES string of the molecule is CCCCOc1ccc(C2c3c(oc4ccc(F)cc4c3=O)C(=O)N2c2nncs2)cc1OCC. The zero-order valence-electron chi connectivity index (χ0n) is 19.1. The van der Waals surface area contributed by atoms with Gasteiger partial charge in [-0.25, -0.2) is 4.39 Å². The van der Waals surface area contributed by atoms with Crippen LogP contribution >= 0.6 is 11.3 Å². The number of amides is 1. The van der Waals surface area contributed by atoms with Gasteiger partial charge in [0.2, 0.25) is 10.9 Å². The van der Waals surface area contributed by atoms with Gasteiger partial charge in [-0.3, -0.25) is 14.5 Å². The Bertz CT molecular complexity index is 1450. The molecule has 3 heterocycles. The number of carbonyl (C=O) groups is 1. The lowest BCUT2D eigenvalue weighted by atomic mass is 9.98. The van der Waals surface area contributed by atoms with Crippen molar-refractivity contribution in [1.29, 1.82) is 0 Å². The Balaban J connectivity index is 1.70. The highest BCUT2D eigenvalue weighted by Gasteiger charge is 2.45. The molecule has 2 aromatic heterocycles. The lowest BCUT2D eigenvalue weighted by Crippen LogP contribution is -2.29. The van der Waals surface area contributed by atoms with Crippen LogP contribution in [0.3, 0.4) is 0 Å². The second-order valence-electron chi connectivity index (χ2n) is 7.95. The molecule has 5 rings (SSSR count). The van der Waals surface area contributed by atoms with Crippen LogP contribution in [0, 0.1) is 5.82 Å². The second kappa shape index (κ2) is 9.46. The van der Waals surface area contributed by atoms with E-state index in [-0.39, 0.29) is 22.3 Å². The first kappa shape index (κ1) is 23.0. The smallest absolute Gasteiger partial charge is 0.297 e. The van der Waals surface area contributed by atoms with Gasteiger partial charge in [-0.2, -0.15) is 0 Å². The summed E-state index contributed by atoms with van der Waals surface area (Å²) in [7, 11) is 0. The number of fused-ring (bicyclic) bond motifs is 2. The lowest BCUT2D eigenvalue weighted by molar-refractivity contribution is 0.0970. The summed E-state index contributed by atoms with van der Waals surface area (Å²) in [5, 5.41) is 8.28. The molecule has 1 unspecified atom stereocenters. The summed E-state index contributed by atoms with van der Waals surface area (Å²) >= 11 is 1.16. The highest BCUT2D eigenvalue weighted by molar-refractivity contribution is 7.13. The van der Waals surface area contributed by atoms with Crippen molar-refractivity contribution in [2.75, 3.05) is 18.1 Å². The third-order valence-electron chi connectivity index (χ3n) is 5.73. The molecule has 2 aromatic carbocycles. The quantitative estimate of drug-likeness (QED) is 0.314. The maximum absolute atomic E-state index is 14.0. The molecule has 1 aliphatic rings. The number of hydrogen-bond donors (Lipinski definition) is 0. The summed E-state index contributed by atoms with van der Waals surface area (Å²) in [5.74, 6) is -0.125. The van der Waals surface area contributed by atoms with Gasteiger partial charge in [-0.1, -0.05) is 30.7 Å². The zero-order valence-corrected chi connectivity index (χ0v) is 19.9. The van der Waals surface area contributed by atoms with Gasteiger partial charge in [-0.05, 0) is 49.2 Å². The largest absolute Gasteiger partial charge is 0.490 e. The van der Waals surface area contributed by atoms with E-state index in [9.17, 15) is 14.0 Å². The molecule has 35 heavy (non-hydrogen) atoms. The number of rotatable bonds is 8. The van der Waals surface area contributed by atoms with Gasteiger partial charge in [-0.15, -0.1) is 10.2 Å². The Kier molecular flexibility index (Phi) is 6.21. The van der Waals surface area contributed by atoms with E-state index in [4.69, 9.17) is 13.9 Å². The van der Waals surface area contributed by atoms with E-state index in [1.54, 1.807) is 18.2 Å². The van der Waals surface area contributed by atoms with Crippen LogP contribution in [-0.2, 0) is 0 Å². The Morgan fingerprint density at radius 3 is 2.71 bits per heavy atom. The molecule has 0 fully saturated rings. The Labute approximate surface area is 203 Å². The first-order valence-corrected chi connectivity index (χ1v) is 12.2. The monoisotopic (exact) mass is 495 g/mol. The van der Waals surface area contributed by atoms with Gasteiger partial charge in [0.1, 0.15) is 16.9 Å². The van der Waals surface area contributed by atoms with Crippen molar-refractivity contribution in [3.63, 3.8) is 0 Å². The molecule has 4 aromatic rings. The van der Waals surface area contributed by atoms with E-state index in [1.807, 2.05) is 6.92 Å². The van der Waals surface area contributed by atoms with E-state index in [0.717, 1.165) is 30.2 Å². The number of ether oxygens (including phenoxy) is 2. The van der Waals surface area contributed by atoms with Gasteiger partial charge in [0.15, 0.2) is 16.9 Å². The minimum atomic E-state index is -0.863. The molecule has 180 valence electrons. The number of carbonyl (C=O) groups excluding carboxylic acids is 1. The minimum Gasteiger partial charge on any atom is -0.490 e. The van der Waals surface area contributed by atoms with Crippen molar-refractivity contribution in [1.82, 2.24) is 10.2 Å². The van der Waals surface area contributed by atoms with Crippen molar-refractivity contribution in [3.8, 4) is 11.5 Å². The number of nitrogens with zero attached hydrogens (tertiary/aromatic N) is 3. The summed E-state index contributed by atoms with van der Waals surface area (Å²) in [6, 6.07) is 8.08. The van der Waals surface area contributed by atoms with Crippen LogP contribution in [-0.4, -0.2) is 29.3 Å². The number of hydrogen-bond acceptors (Lipinski definition) is 8. The first-order chi connectivity index (χ1) is 17.0. The van der Waals surface area contributed by atoms with Crippen LogP contribution in [0.2, 0.25) is 0 Å². The number of unbranched alkanes of at least 4 members (excludes halogenated alkanes) is 1. The maximum Gasteiger partial charge on any atom is 0.297 e. The molecule has 0 spiro atoms. The van der Waals surface area contributed by atoms with Crippen LogP contribution in [0.4, 0.5) is 9.52 Å². The first-order valence-electron chi connectivity index (χ1n) is 11.3.